The van der Waals surface area contributed by atoms with Crippen LogP contribution in [0, 0.1) is 6.92 Å². The van der Waals surface area contributed by atoms with E-state index in [0.717, 1.165) is 36.2 Å². The molecule has 0 amide bonds. The van der Waals surface area contributed by atoms with E-state index in [9.17, 15) is 0 Å². The number of benzene rings is 8. The lowest BCUT2D eigenvalue weighted by Crippen LogP contribution is -2.61. The first-order valence-electron chi connectivity index (χ1n) is 24.7. The minimum Gasteiger partial charge on any atom is -0.466 e. The van der Waals surface area contributed by atoms with E-state index in [-0.39, 0.29) is 28.5 Å². The molecule has 3 heterocycles. The second-order valence-corrected chi connectivity index (χ2v) is 23.0. The van der Waals surface area contributed by atoms with Gasteiger partial charge in [-0.25, -0.2) is 0 Å². The highest BCUT2D eigenvalue weighted by molar-refractivity contribution is 6.93. The third-order valence-corrected chi connectivity index (χ3v) is 17.1. The molecule has 0 N–H and O–H groups in total. The third-order valence-electron chi connectivity index (χ3n) is 17.1. The Balaban J connectivity index is 1.19. The van der Waals surface area contributed by atoms with Crippen LogP contribution in [-0.4, -0.2) is 6.85 Å². The highest BCUT2D eigenvalue weighted by Crippen LogP contribution is 2.56. The van der Waals surface area contributed by atoms with E-state index in [1.165, 1.54) is 112 Å². The first-order valence-corrected chi connectivity index (χ1v) is 24.7. The van der Waals surface area contributed by atoms with Crippen molar-refractivity contribution in [3.63, 3.8) is 0 Å². The summed E-state index contributed by atoms with van der Waals surface area (Å²) in [5.41, 5.74) is 21.5. The van der Waals surface area contributed by atoms with Crippen molar-refractivity contribution in [3.8, 4) is 22.3 Å². The summed E-state index contributed by atoms with van der Waals surface area (Å²) in [6.07, 6.45) is 4.63. The zero-order chi connectivity index (χ0) is 45.9. The Morgan fingerprint density at radius 1 is 0.463 bits per heavy atom. The van der Waals surface area contributed by atoms with Crippen LogP contribution >= 0.6 is 0 Å². The van der Waals surface area contributed by atoms with E-state index >= 15 is 0 Å². The van der Waals surface area contributed by atoms with Crippen LogP contribution in [0.4, 0.5) is 28.4 Å². The maximum Gasteiger partial charge on any atom is 0.375 e. The molecule has 0 unspecified atom stereocenters. The van der Waals surface area contributed by atoms with Crippen molar-refractivity contribution in [1.82, 2.24) is 0 Å². The number of hydrogen-bond acceptors (Lipinski definition) is 3. The molecule has 2 aliphatic carbocycles. The smallest absolute Gasteiger partial charge is 0.375 e. The Hall–Kier alpha value is -6.52. The number of fused-ring (bicyclic) bond motifs is 12. The fourth-order valence-corrected chi connectivity index (χ4v) is 13.0. The van der Waals surface area contributed by atoms with Crippen molar-refractivity contribution in [3.05, 3.63) is 173 Å². The molecule has 0 spiro atoms. The molecule has 0 atom stereocenters. The summed E-state index contributed by atoms with van der Waals surface area (Å²) < 4.78 is 7.72. The minimum atomic E-state index is -0.254. The maximum absolute atomic E-state index is 7.72. The lowest BCUT2D eigenvalue weighted by molar-refractivity contribution is 0.332. The normalized spacial score (nSPS) is 18.1. The van der Waals surface area contributed by atoms with Crippen molar-refractivity contribution in [2.45, 2.75) is 110 Å². The van der Waals surface area contributed by atoms with Crippen LogP contribution in [0.5, 0.6) is 0 Å². The van der Waals surface area contributed by atoms with Gasteiger partial charge < -0.3 is 14.1 Å². The number of rotatable bonds is 3. The van der Waals surface area contributed by atoms with Crippen molar-refractivity contribution in [2.24, 2.45) is 0 Å². The van der Waals surface area contributed by atoms with Crippen molar-refractivity contribution >= 4 is 78.9 Å². The first kappa shape index (κ1) is 40.7. The molecule has 9 aromatic rings. The van der Waals surface area contributed by atoms with E-state index in [1.807, 2.05) is 0 Å². The monoisotopic (exact) mass is 870 g/mol. The molecule has 4 heteroatoms. The van der Waals surface area contributed by atoms with Crippen LogP contribution in [-0.2, 0) is 21.7 Å². The molecule has 8 aromatic carbocycles. The fraction of sp³-hybridized carbons (Fsp3) is 0.270. The lowest BCUT2D eigenvalue weighted by atomic mass is 9.45. The molecular formula is C63H59BN2O. The quantitative estimate of drug-likeness (QED) is 0.165. The van der Waals surface area contributed by atoms with Gasteiger partial charge in [-0.2, -0.15) is 0 Å². The molecule has 3 nitrogen and oxygen atoms in total. The van der Waals surface area contributed by atoms with Gasteiger partial charge in [-0.1, -0.05) is 159 Å². The molecule has 0 radical (unpaired) electrons. The number of nitrogens with zero attached hydrogens (tertiary/aromatic N) is 2. The molecule has 2 aliphatic heterocycles. The van der Waals surface area contributed by atoms with Gasteiger partial charge in [0.1, 0.15) is 11.2 Å². The van der Waals surface area contributed by atoms with Gasteiger partial charge in [0.15, 0.2) is 0 Å². The van der Waals surface area contributed by atoms with Crippen LogP contribution < -0.4 is 20.8 Å². The zero-order valence-electron chi connectivity index (χ0n) is 40.6. The molecule has 67 heavy (non-hydrogen) atoms. The standard InChI is InChI=1S/C63H59BN2O/c1-38-33-47-49(62(6,7)31-29-60(47,2)3)36-52(38)65-53-34-42-20-14-16-22-45(42)56-55-44-21-15-13-19-41(44)25-28-51(55)66(43-26-23-40(24-27-43)39-17-11-10-12-18-39)64(57(53)56)59-58(65)46-35-48-50(37-54(46)67-59)63(8,9)32-30-61(48,4)5/h10-28,33-37H,29-32H2,1-9H3. The average Bonchev–Trinajstić information content (AvgIpc) is 3.70. The Labute approximate surface area is 396 Å². The summed E-state index contributed by atoms with van der Waals surface area (Å²) >= 11 is 0. The second kappa shape index (κ2) is 13.8. The van der Waals surface area contributed by atoms with Gasteiger partial charge >= 0.3 is 6.85 Å². The summed E-state index contributed by atoms with van der Waals surface area (Å²) in [4.78, 5) is 5.28. The van der Waals surface area contributed by atoms with E-state index in [0.29, 0.717) is 0 Å². The average molecular weight is 871 g/mol. The molecule has 330 valence electrons. The molecule has 4 aliphatic rings. The van der Waals surface area contributed by atoms with Gasteiger partial charge in [-0.3, -0.25) is 0 Å². The Morgan fingerprint density at radius 3 is 1.69 bits per heavy atom. The molecule has 0 bridgehead atoms. The summed E-state index contributed by atoms with van der Waals surface area (Å²) in [6.45, 7) is 21.7. The molecule has 0 fully saturated rings. The molecular weight excluding hydrogens is 812 g/mol. The van der Waals surface area contributed by atoms with Gasteiger partial charge in [-0.15, -0.1) is 0 Å². The van der Waals surface area contributed by atoms with Crippen molar-refractivity contribution in [1.29, 1.82) is 0 Å². The number of anilines is 5. The first-order chi connectivity index (χ1) is 32.1. The second-order valence-electron chi connectivity index (χ2n) is 23.0. The van der Waals surface area contributed by atoms with E-state index < -0.39 is 0 Å². The summed E-state index contributed by atoms with van der Waals surface area (Å²) in [5, 5.41) is 6.21. The van der Waals surface area contributed by atoms with Crippen molar-refractivity contribution in [2.75, 3.05) is 9.71 Å². The summed E-state index contributed by atoms with van der Waals surface area (Å²) in [7, 11) is 0. The third kappa shape index (κ3) is 5.78. The fourth-order valence-electron chi connectivity index (χ4n) is 13.0. The van der Waals surface area contributed by atoms with Crippen LogP contribution in [0.25, 0.3) is 54.8 Å². The predicted molar refractivity (Wildman–Crippen MR) is 286 cm³/mol. The SMILES string of the molecule is Cc1cc2c(cc1N1c3cc4ccccc4c4c3B(c3oc5cc6c(cc5c31)C(C)(C)CCC6(C)C)N(c1ccc(-c3ccccc3)cc1)c1ccc3ccccc3c1-4)C(C)(C)CCC2(C)C. The Bertz CT molecular complexity index is 3550. The topological polar surface area (TPSA) is 19.6 Å². The largest absolute Gasteiger partial charge is 0.466 e. The van der Waals surface area contributed by atoms with E-state index in [2.05, 4.69) is 218 Å². The highest BCUT2D eigenvalue weighted by atomic mass is 16.3. The molecule has 1 aromatic heterocycles. The van der Waals surface area contributed by atoms with Crippen LogP contribution in [0.3, 0.4) is 0 Å². The summed E-state index contributed by atoms with van der Waals surface area (Å²) in [5.74, 6) is 0. The van der Waals surface area contributed by atoms with Crippen molar-refractivity contribution < 1.29 is 4.42 Å². The number of aryl methyl sites for hydroxylation is 1. The van der Waals surface area contributed by atoms with E-state index in [4.69, 9.17) is 4.42 Å². The highest BCUT2D eigenvalue weighted by Gasteiger charge is 2.51. The Kier molecular flexibility index (Phi) is 8.38. The van der Waals surface area contributed by atoms with Gasteiger partial charge in [-0.05, 0) is 168 Å². The molecule has 13 rings (SSSR count). The summed E-state index contributed by atoms with van der Waals surface area (Å²) in [6, 6.07) is 55.5. The van der Waals surface area contributed by atoms with Crippen LogP contribution in [0.15, 0.2) is 150 Å². The predicted octanol–water partition coefficient (Wildman–Crippen LogP) is 16.1. The minimum absolute atomic E-state index is 0.0265. The van der Waals surface area contributed by atoms with E-state index in [1.54, 1.807) is 0 Å². The Morgan fingerprint density at radius 2 is 1.01 bits per heavy atom. The van der Waals surface area contributed by atoms with Crippen LogP contribution in [0.1, 0.15) is 109 Å². The zero-order valence-corrected chi connectivity index (χ0v) is 40.6. The van der Waals surface area contributed by atoms with Gasteiger partial charge in [0.05, 0.1) is 5.69 Å². The maximum atomic E-state index is 7.72. The molecule has 0 saturated heterocycles. The number of furan rings is 1. The van der Waals surface area contributed by atoms with Gasteiger partial charge in [0, 0.05) is 33.7 Å². The van der Waals surface area contributed by atoms with Crippen LogP contribution in [0.2, 0.25) is 0 Å². The lowest BCUT2D eigenvalue weighted by Gasteiger charge is -2.46. The van der Waals surface area contributed by atoms with Gasteiger partial charge in [0.25, 0.3) is 0 Å². The molecule has 0 saturated carbocycles. The number of hydrogen-bond donors (Lipinski definition) is 0. The van der Waals surface area contributed by atoms with Gasteiger partial charge in [0.2, 0.25) is 0 Å².